The summed E-state index contributed by atoms with van der Waals surface area (Å²) >= 11 is 0. The lowest BCUT2D eigenvalue weighted by Gasteiger charge is -2.16. The highest BCUT2D eigenvalue weighted by Crippen LogP contribution is 2.30. The van der Waals surface area contributed by atoms with Crippen LogP contribution in [0.1, 0.15) is 22.8 Å². The number of nitrogens with zero attached hydrogens (tertiary/aromatic N) is 1. The maximum absolute atomic E-state index is 12.2. The van der Waals surface area contributed by atoms with Crippen LogP contribution in [0, 0.1) is 0 Å². The van der Waals surface area contributed by atoms with Crippen LogP contribution < -0.4 is 10.5 Å². The van der Waals surface area contributed by atoms with Gasteiger partial charge < -0.3 is 15.4 Å². The van der Waals surface area contributed by atoms with Crippen LogP contribution in [0.5, 0.6) is 11.5 Å². The highest BCUT2D eigenvalue weighted by Gasteiger charge is 2.16. The predicted octanol–water partition coefficient (Wildman–Crippen LogP) is 3.33. The van der Waals surface area contributed by atoms with Gasteiger partial charge in [0.25, 0.3) is 5.91 Å². The van der Waals surface area contributed by atoms with Crippen LogP contribution in [0.25, 0.3) is 0 Å². The fourth-order valence-electron chi connectivity index (χ4n) is 2.05. The van der Waals surface area contributed by atoms with E-state index in [9.17, 15) is 4.79 Å². The fraction of sp³-hybridized carbons (Fsp3) is 0.235. The zero-order valence-electron chi connectivity index (χ0n) is 12.6. The van der Waals surface area contributed by atoms with E-state index in [-0.39, 0.29) is 5.91 Å². The molecule has 2 aromatic rings. The Labute approximate surface area is 125 Å². The van der Waals surface area contributed by atoms with Gasteiger partial charge in [-0.05, 0) is 30.2 Å². The van der Waals surface area contributed by atoms with Crippen LogP contribution in [0.4, 0.5) is 5.69 Å². The van der Waals surface area contributed by atoms with Crippen LogP contribution in [-0.4, -0.2) is 24.9 Å². The van der Waals surface area contributed by atoms with Crippen molar-refractivity contribution >= 4 is 11.6 Å². The van der Waals surface area contributed by atoms with Crippen LogP contribution >= 0.6 is 0 Å². The van der Waals surface area contributed by atoms with Gasteiger partial charge in [0.15, 0.2) is 0 Å². The fourth-order valence-corrected chi connectivity index (χ4v) is 2.05. The smallest absolute Gasteiger partial charge is 0.257 e. The average molecular weight is 284 g/mol. The number of aryl methyl sites for hydroxylation is 1. The first kappa shape index (κ1) is 14.9. The molecule has 2 N–H and O–H groups in total. The van der Waals surface area contributed by atoms with E-state index >= 15 is 0 Å². The number of hydrogen-bond acceptors (Lipinski definition) is 3. The molecule has 0 aliphatic heterocycles. The number of nitrogens with two attached hydrogens (primary N) is 1. The predicted molar refractivity (Wildman–Crippen MR) is 84.8 cm³/mol. The number of para-hydroxylation sites is 1. The summed E-state index contributed by atoms with van der Waals surface area (Å²) in [6.07, 6.45) is 0.857. The molecule has 4 heteroatoms. The number of nitrogen functional groups attached to an aromatic ring is 1. The highest BCUT2D eigenvalue weighted by atomic mass is 16.5. The summed E-state index contributed by atoms with van der Waals surface area (Å²) in [5, 5.41) is 0. The zero-order valence-corrected chi connectivity index (χ0v) is 12.6. The zero-order chi connectivity index (χ0) is 15.4. The van der Waals surface area contributed by atoms with E-state index in [0.717, 1.165) is 17.7 Å². The molecule has 0 aliphatic carbocycles. The molecule has 0 saturated heterocycles. The van der Waals surface area contributed by atoms with E-state index < -0.39 is 0 Å². The molecule has 0 unspecified atom stereocenters. The maximum atomic E-state index is 12.2. The van der Waals surface area contributed by atoms with Crippen molar-refractivity contribution in [1.29, 1.82) is 0 Å². The van der Waals surface area contributed by atoms with Gasteiger partial charge in [-0.3, -0.25) is 4.79 Å². The summed E-state index contributed by atoms with van der Waals surface area (Å²) < 4.78 is 5.96. The number of rotatable bonds is 4. The molecule has 4 nitrogen and oxygen atoms in total. The molecule has 0 aromatic heterocycles. The summed E-state index contributed by atoms with van der Waals surface area (Å²) in [7, 11) is 3.42. The van der Waals surface area contributed by atoms with Crippen molar-refractivity contribution in [2.45, 2.75) is 13.3 Å². The van der Waals surface area contributed by atoms with Gasteiger partial charge in [0.1, 0.15) is 11.5 Å². The second-order valence-electron chi connectivity index (χ2n) is 5.02. The Morgan fingerprint density at radius 1 is 1.14 bits per heavy atom. The molecule has 2 rings (SSSR count). The Hall–Kier alpha value is -2.49. The van der Waals surface area contributed by atoms with Crippen LogP contribution in [0.2, 0.25) is 0 Å². The molecule has 0 saturated carbocycles. The molecule has 0 radical (unpaired) electrons. The van der Waals surface area contributed by atoms with Gasteiger partial charge in [-0.1, -0.05) is 25.1 Å². The van der Waals surface area contributed by atoms with Crippen LogP contribution in [-0.2, 0) is 6.42 Å². The molecular formula is C17H20N2O2. The Kier molecular flexibility index (Phi) is 4.48. The normalized spacial score (nSPS) is 10.2. The lowest BCUT2D eigenvalue weighted by molar-refractivity contribution is 0.0825. The van der Waals surface area contributed by atoms with E-state index in [1.807, 2.05) is 24.3 Å². The third kappa shape index (κ3) is 3.34. The Morgan fingerprint density at radius 3 is 2.52 bits per heavy atom. The molecule has 1 amide bonds. The first-order chi connectivity index (χ1) is 10.0. The summed E-state index contributed by atoms with van der Waals surface area (Å²) in [5.41, 5.74) is 7.97. The molecule has 0 aliphatic rings. The lowest BCUT2D eigenvalue weighted by Crippen LogP contribution is -2.22. The SMILES string of the molecule is CCc1ccccc1Oc1cc(N)ccc1C(=O)N(C)C. The lowest BCUT2D eigenvalue weighted by atomic mass is 10.1. The van der Waals surface area contributed by atoms with Crippen LogP contribution in [0.3, 0.4) is 0 Å². The van der Waals surface area contributed by atoms with E-state index in [1.165, 1.54) is 4.90 Å². The molecule has 0 spiro atoms. The van der Waals surface area contributed by atoms with Crippen molar-refractivity contribution < 1.29 is 9.53 Å². The van der Waals surface area contributed by atoms with E-state index in [0.29, 0.717) is 17.0 Å². The van der Waals surface area contributed by atoms with E-state index in [1.54, 1.807) is 32.3 Å². The minimum absolute atomic E-state index is 0.112. The number of ether oxygens (including phenoxy) is 1. The standard InChI is InChI=1S/C17H20N2O2/c1-4-12-7-5-6-8-15(12)21-16-11-13(18)9-10-14(16)17(20)19(2)3/h5-11H,4,18H2,1-3H3. The van der Waals surface area contributed by atoms with Gasteiger partial charge in [0, 0.05) is 25.8 Å². The summed E-state index contributed by atoms with van der Waals surface area (Å²) in [6, 6.07) is 12.9. The molecular weight excluding hydrogens is 264 g/mol. The van der Waals surface area contributed by atoms with E-state index in [2.05, 4.69) is 6.92 Å². The summed E-state index contributed by atoms with van der Waals surface area (Å²) in [6.45, 7) is 2.06. The summed E-state index contributed by atoms with van der Waals surface area (Å²) in [5.74, 6) is 1.12. The third-order valence-electron chi connectivity index (χ3n) is 3.22. The monoisotopic (exact) mass is 284 g/mol. The van der Waals surface area contributed by atoms with Crippen molar-refractivity contribution in [3.05, 3.63) is 53.6 Å². The van der Waals surface area contributed by atoms with Gasteiger partial charge >= 0.3 is 0 Å². The first-order valence-corrected chi connectivity index (χ1v) is 6.90. The topological polar surface area (TPSA) is 55.6 Å². The second kappa shape index (κ2) is 6.31. The molecule has 21 heavy (non-hydrogen) atoms. The Bertz CT molecular complexity index is 651. The molecule has 0 heterocycles. The number of benzene rings is 2. The quantitative estimate of drug-likeness (QED) is 0.876. The number of carbonyl (C=O) groups is 1. The van der Waals surface area contributed by atoms with Crippen molar-refractivity contribution in [2.24, 2.45) is 0 Å². The van der Waals surface area contributed by atoms with Crippen LogP contribution in [0.15, 0.2) is 42.5 Å². The number of anilines is 1. The molecule has 2 aromatic carbocycles. The van der Waals surface area contributed by atoms with Crippen molar-refractivity contribution in [3.63, 3.8) is 0 Å². The highest BCUT2D eigenvalue weighted by molar-refractivity contribution is 5.97. The van der Waals surface area contributed by atoms with Gasteiger partial charge in [0.2, 0.25) is 0 Å². The number of carbonyl (C=O) groups excluding carboxylic acids is 1. The molecule has 0 fully saturated rings. The largest absolute Gasteiger partial charge is 0.456 e. The molecule has 0 atom stereocenters. The minimum Gasteiger partial charge on any atom is -0.456 e. The van der Waals surface area contributed by atoms with Gasteiger partial charge in [-0.2, -0.15) is 0 Å². The number of hydrogen-bond donors (Lipinski definition) is 1. The van der Waals surface area contributed by atoms with Gasteiger partial charge in [0.05, 0.1) is 5.56 Å². The Morgan fingerprint density at radius 2 is 1.86 bits per heavy atom. The van der Waals surface area contributed by atoms with Gasteiger partial charge in [-0.15, -0.1) is 0 Å². The second-order valence-corrected chi connectivity index (χ2v) is 5.02. The van der Waals surface area contributed by atoms with Crippen molar-refractivity contribution in [1.82, 2.24) is 4.90 Å². The third-order valence-corrected chi connectivity index (χ3v) is 3.22. The first-order valence-electron chi connectivity index (χ1n) is 6.90. The van der Waals surface area contributed by atoms with E-state index in [4.69, 9.17) is 10.5 Å². The molecule has 110 valence electrons. The van der Waals surface area contributed by atoms with Crippen molar-refractivity contribution in [2.75, 3.05) is 19.8 Å². The van der Waals surface area contributed by atoms with Crippen molar-refractivity contribution in [3.8, 4) is 11.5 Å². The average Bonchev–Trinajstić information content (AvgIpc) is 2.47. The maximum Gasteiger partial charge on any atom is 0.257 e. The van der Waals surface area contributed by atoms with Gasteiger partial charge in [-0.25, -0.2) is 0 Å². The summed E-state index contributed by atoms with van der Waals surface area (Å²) in [4.78, 5) is 13.7. The Balaban J connectivity index is 2.43. The number of amides is 1. The molecule has 0 bridgehead atoms. The minimum atomic E-state index is -0.112.